The molecule has 2 atom stereocenters. The Morgan fingerprint density at radius 2 is 2.06 bits per heavy atom. The van der Waals surface area contributed by atoms with Crippen molar-refractivity contribution in [1.82, 2.24) is 10.2 Å². The first-order chi connectivity index (χ1) is 7.59. The van der Waals surface area contributed by atoms with Gasteiger partial charge in [-0.05, 0) is 39.3 Å². The Labute approximate surface area is 98.0 Å². The number of aliphatic hydroxyl groups excluding tert-OH is 1. The lowest BCUT2D eigenvalue weighted by molar-refractivity contribution is -0.121. The molecule has 0 aromatic carbocycles. The molecule has 1 saturated carbocycles. The summed E-state index contributed by atoms with van der Waals surface area (Å²) in [5, 5.41) is 12.6. The minimum atomic E-state index is -0.153. The summed E-state index contributed by atoms with van der Waals surface area (Å²) in [6, 6.07) is 0. The highest BCUT2D eigenvalue weighted by Gasteiger charge is 2.22. The molecule has 94 valence electrons. The van der Waals surface area contributed by atoms with Gasteiger partial charge in [0, 0.05) is 6.54 Å². The van der Waals surface area contributed by atoms with Gasteiger partial charge in [-0.2, -0.15) is 0 Å². The van der Waals surface area contributed by atoms with Crippen molar-refractivity contribution in [2.75, 3.05) is 27.2 Å². The van der Waals surface area contributed by atoms with Gasteiger partial charge in [-0.3, -0.25) is 4.79 Å². The van der Waals surface area contributed by atoms with Gasteiger partial charge < -0.3 is 15.3 Å². The van der Waals surface area contributed by atoms with E-state index in [0.29, 0.717) is 19.0 Å². The average molecular weight is 228 g/mol. The number of nitrogens with one attached hydrogen (secondary N) is 1. The van der Waals surface area contributed by atoms with E-state index in [0.717, 1.165) is 25.7 Å². The highest BCUT2D eigenvalue weighted by molar-refractivity contribution is 5.77. The van der Waals surface area contributed by atoms with Gasteiger partial charge in [0.25, 0.3) is 0 Å². The largest absolute Gasteiger partial charge is 0.393 e. The van der Waals surface area contributed by atoms with Gasteiger partial charge in [0.15, 0.2) is 0 Å². The van der Waals surface area contributed by atoms with Crippen LogP contribution in [0.4, 0.5) is 0 Å². The first kappa shape index (κ1) is 13.5. The fourth-order valence-corrected chi connectivity index (χ4v) is 2.26. The minimum absolute atomic E-state index is 0.0651. The molecule has 4 heteroatoms. The van der Waals surface area contributed by atoms with Gasteiger partial charge in [0.1, 0.15) is 0 Å². The predicted octanol–water partition coefficient (Wildman–Crippen LogP) is 0.605. The zero-order valence-corrected chi connectivity index (χ0v) is 10.4. The molecule has 1 rings (SSSR count). The van der Waals surface area contributed by atoms with Gasteiger partial charge in [0.2, 0.25) is 5.91 Å². The van der Waals surface area contributed by atoms with Gasteiger partial charge in [0.05, 0.1) is 12.6 Å². The van der Waals surface area contributed by atoms with Crippen LogP contribution in [0.1, 0.15) is 32.1 Å². The molecule has 1 fully saturated rings. The fraction of sp³-hybridized carbons (Fsp3) is 0.917. The standard InChI is InChI=1S/C12H24N2O2/c1-14(2)9-12(16)13-8-7-10-5-3-4-6-11(10)15/h10-11,15H,3-9H2,1-2H3,(H,13,16). The molecular formula is C12H24N2O2. The average Bonchev–Trinajstić information content (AvgIpc) is 2.19. The summed E-state index contributed by atoms with van der Waals surface area (Å²) in [6.45, 7) is 1.13. The van der Waals surface area contributed by atoms with E-state index in [2.05, 4.69) is 5.32 Å². The molecule has 0 saturated heterocycles. The van der Waals surface area contributed by atoms with Crippen molar-refractivity contribution < 1.29 is 9.90 Å². The maximum absolute atomic E-state index is 11.4. The van der Waals surface area contributed by atoms with E-state index < -0.39 is 0 Å². The van der Waals surface area contributed by atoms with Crippen molar-refractivity contribution in [2.24, 2.45) is 5.92 Å². The molecule has 0 aromatic heterocycles. The van der Waals surface area contributed by atoms with Crippen LogP contribution in [0, 0.1) is 5.92 Å². The van der Waals surface area contributed by atoms with Crippen LogP contribution in [0.15, 0.2) is 0 Å². The van der Waals surface area contributed by atoms with Crippen molar-refractivity contribution in [2.45, 2.75) is 38.2 Å². The van der Waals surface area contributed by atoms with Gasteiger partial charge in [-0.15, -0.1) is 0 Å². The summed E-state index contributed by atoms with van der Waals surface area (Å²) < 4.78 is 0. The summed E-state index contributed by atoms with van der Waals surface area (Å²) in [4.78, 5) is 13.2. The third-order valence-electron chi connectivity index (χ3n) is 3.17. The first-order valence-corrected chi connectivity index (χ1v) is 6.19. The van der Waals surface area contributed by atoms with Gasteiger partial charge >= 0.3 is 0 Å². The summed E-state index contributed by atoms with van der Waals surface area (Å²) in [5.74, 6) is 0.448. The molecule has 0 bridgehead atoms. The Morgan fingerprint density at radius 1 is 1.38 bits per heavy atom. The molecule has 0 spiro atoms. The molecule has 1 aliphatic rings. The molecule has 2 N–H and O–H groups in total. The Bertz CT molecular complexity index is 219. The maximum Gasteiger partial charge on any atom is 0.234 e. The quantitative estimate of drug-likeness (QED) is 0.725. The first-order valence-electron chi connectivity index (χ1n) is 6.19. The lowest BCUT2D eigenvalue weighted by Crippen LogP contribution is -2.35. The molecule has 16 heavy (non-hydrogen) atoms. The van der Waals surface area contributed by atoms with Crippen molar-refractivity contribution >= 4 is 5.91 Å². The molecule has 4 nitrogen and oxygen atoms in total. The monoisotopic (exact) mass is 228 g/mol. The molecule has 2 unspecified atom stereocenters. The Hall–Kier alpha value is -0.610. The van der Waals surface area contributed by atoms with Crippen molar-refractivity contribution in [1.29, 1.82) is 0 Å². The lowest BCUT2D eigenvalue weighted by Gasteiger charge is -2.27. The van der Waals surface area contributed by atoms with Crippen LogP contribution in [-0.4, -0.2) is 49.2 Å². The Morgan fingerprint density at radius 3 is 2.69 bits per heavy atom. The molecule has 1 aliphatic carbocycles. The normalized spacial score (nSPS) is 25.8. The number of nitrogens with zero attached hydrogens (tertiary/aromatic N) is 1. The van der Waals surface area contributed by atoms with Gasteiger partial charge in [-0.1, -0.05) is 12.8 Å². The van der Waals surface area contributed by atoms with Crippen LogP contribution >= 0.6 is 0 Å². The van der Waals surface area contributed by atoms with Gasteiger partial charge in [-0.25, -0.2) is 0 Å². The number of carbonyl (C=O) groups is 1. The molecule has 1 amide bonds. The van der Waals surface area contributed by atoms with Crippen LogP contribution in [0.3, 0.4) is 0 Å². The van der Waals surface area contributed by atoms with Crippen LogP contribution in [0.5, 0.6) is 0 Å². The van der Waals surface area contributed by atoms with Crippen LogP contribution in [-0.2, 0) is 4.79 Å². The van der Waals surface area contributed by atoms with Crippen molar-refractivity contribution in [3.05, 3.63) is 0 Å². The van der Waals surface area contributed by atoms with E-state index in [9.17, 15) is 9.90 Å². The lowest BCUT2D eigenvalue weighted by atomic mass is 9.84. The molecule has 0 radical (unpaired) electrons. The van der Waals surface area contributed by atoms with Crippen LogP contribution in [0.2, 0.25) is 0 Å². The zero-order chi connectivity index (χ0) is 12.0. The Kier molecular flexibility index (Phi) is 5.77. The zero-order valence-electron chi connectivity index (χ0n) is 10.4. The second-order valence-electron chi connectivity index (χ2n) is 4.99. The fourth-order valence-electron chi connectivity index (χ4n) is 2.26. The minimum Gasteiger partial charge on any atom is -0.393 e. The van der Waals surface area contributed by atoms with E-state index in [1.165, 1.54) is 6.42 Å². The van der Waals surface area contributed by atoms with Crippen LogP contribution < -0.4 is 5.32 Å². The number of rotatable bonds is 5. The van der Waals surface area contributed by atoms with E-state index >= 15 is 0 Å². The van der Waals surface area contributed by atoms with Crippen LogP contribution in [0.25, 0.3) is 0 Å². The third kappa shape index (κ3) is 4.94. The van der Waals surface area contributed by atoms with E-state index in [1.54, 1.807) is 0 Å². The number of likely N-dealkylation sites (N-methyl/N-ethyl adjacent to an activating group) is 1. The number of carbonyl (C=O) groups excluding carboxylic acids is 1. The predicted molar refractivity (Wildman–Crippen MR) is 64.1 cm³/mol. The van der Waals surface area contributed by atoms with E-state index in [-0.39, 0.29) is 12.0 Å². The Balaban J connectivity index is 2.12. The number of hydrogen-bond acceptors (Lipinski definition) is 3. The number of aliphatic hydroxyl groups is 1. The van der Waals surface area contributed by atoms with Crippen molar-refractivity contribution in [3.63, 3.8) is 0 Å². The smallest absolute Gasteiger partial charge is 0.234 e. The summed E-state index contributed by atoms with van der Waals surface area (Å²) in [6.07, 6.45) is 5.14. The second-order valence-corrected chi connectivity index (χ2v) is 4.99. The molecular weight excluding hydrogens is 204 g/mol. The summed E-state index contributed by atoms with van der Waals surface area (Å²) >= 11 is 0. The highest BCUT2D eigenvalue weighted by atomic mass is 16.3. The molecule has 0 aromatic rings. The topological polar surface area (TPSA) is 52.6 Å². The molecule has 0 aliphatic heterocycles. The second kappa shape index (κ2) is 6.86. The summed E-state index contributed by atoms with van der Waals surface area (Å²) in [5.41, 5.74) is 0. The number of hydrogen-bond donors (Lipinski definition) is 2. The highest BCUT2D eigenvalue weighted by Crippen LogP contribution is 2.26. The van der Waals surface area contributed by atoms with Crippen molar-refractivity contribution in [3.8, 4) is 0 Å². The maximum atomic E-state index is 11.4. The van der Waals surface area contributed by atoms with E-state index in [4.69, 9.17) is 0 Å². The number of amides is 1. The van der Waals surface area contributed by atoms with E-state index in [1.807, 2.05) is 19.0 Å². The third-order valence-corrected chi connectivity index (χ3v) is 3.17. The SMILES string of the molecule is CN(C)CC(=O)NCCC1CCCCC1O. The molecule has 0 heterocycles. The summed E-state index contributed by atoms with van der Waals surface area (Å²) in [7, 11) is 3.76.